The predicted octanol–water partition coefficient (Wildman–Crippen LogP) is 3.40. The number of rotatable bonds is 2. The number of alkyl halides is 3. The van der Waals surface area contributed by atoms with E-state index in [2.05, 4.69) is 19.7 Å². The molecule has 0 saturated heterocycles. The van der Waals surface area contributed by atoms with E-state index in [1.165, 1.54) is 12.3 Å². The third-order valence-electron chi connectivity index (χ3n) is 2.15. The van der Waals surface area contributed by atoms with Gasteiger partial charge in [-0.2, -0.15) is 0 Å². The minimum atomic E-state index is -4.74. The second-order valence-corrected chi connectivity index (χ2v) is 3.94. The molecule has 0 spiro atoms. The molecule has 0 N–H and O–H groups in total. The molecule has 0 aromatic carbocycles. The first-order chi connectivity index (χ1) is 8.85. The topological polar surface area (TPSA) is 47.9 Å². The number of pyridine rings is 1. The van der Waals surface area contributed by atoms with E-state index in [4.69, 9.17) is 11.6 Å². The van der Waals surface area contributed by atoms with Crippen LogP contribution in [0.3, 0.4) is 0 Å². The normalized spacial score (nSPS) is 11.4. The monoisotopic (exact) mass is 289 g/mol. The molecule has 0 radical (unpaired) electrons. The highest BCUT2D eigenvalue weighted by atomic mass is 35.5. The second-order valence-electron chi connectivity index (χ2n) is 3.60. The van der Waals surface area contributed by atoms with Gasteiger partial charge in [0.15, 0.2) is 0 Å². The first kappa shape index (κ1) is 13.5. The van der Waals surface area contributed by atoms with Gasteiger partial charge in [0.2, 0.25) is 5.28 Å². The summed E-state index contributed by atoms with van der Waals surface area (Å²) in [6.07, 6.45) is -2.26. The second kappa shape index (κ2) is 5.00. The molecule has 100 valence electrons. The van der Waals surface area contributed by atoms with Crippen LogP contribution in [0.4, 0.5) is 13.2 Å². The molecule has 0 fully saturated rings. The Bertz CT molecular complexity index is 587. The first-order valence-corrected chi connectivity index (χ1v) is 5.44. The average Bonchev–Trinajstić information content (AvgIpc) is 2.31. The van der Waals surface area contributed by atoms with Gasteiger partial charge in [0, 0.05) is 6.20 Å². The van der Waals surface area contributed by atoms with Crippen LogP contribution in [0, 0.1) is 6.92 Å². The minimum Gasteiger partial charge on any atom is -0.404 e. The highest BCUT2D eigenvalue weighted by Gasteiger charge is 2.31. The van der Waals surface area contributed by atoms with E-state index in [9.17, 15) is 13.2 Å². The van der Waals surface area contributed by atoms with Crippen LogP contribution in [0.1, 0.15) is 5.56 Å². The van der Waals surface area contributed by atoms with Gasteiger partial charge in [0.1, 0.15) is 5.75 Å². The fraction of sp³-hybridized carbons (Fsp3) is 0.182. The Morgan fingerprint density at radius 2 is 1.89 bits per heavy atom. The Balaban J connectivity index is 2.30. The standard InChI is InChI=1S/C11H7ClF3N3O/c1-6-4-17-10(12)18-9(6)8-3-2-7(5-16-8)19-11(13,14)15/h2-5H,1H3. The van der Waals surface area contributed by atoms with Crippen LogP contribution in [0.25, 0.3) is 11.4 Å². The maximum Gasteiger partial charge on any atom is 0.573 e. The number of ether oxygens (including phenoxy) is 1. The van der Waals surface area contributed by atoms with Crippen molar-refractivity contribution in [2.24, 2.45) is 0 Å². The van der Waals surface area contributed by atoms with Gasteiger partial charge in [0.05, 0.1) is 17.6 Å². The molecule has 0 unspecified atom stereocenters. The van der Waals surface area contributed by atoms with Crippen LogP contribution in [-0.4, -0.2) is 21.3 Å². The molecule has 0 aliphatic rings. The molecule has 0 saturated carbocycles. The Labute approximate surface area is 111 Å². The Morgan fingerprint density at radius 3 is 2.47 bits per heavy atom. The van der Waals surface area contributed by atoms with E-state index >= 15 is 0 Å². The molecule has 0 amide bonds. The Morgan fingerprint density at radius 1 is 1.16 bits per heavy atom. The van der Waals surface area contributed by atoms with E-state index in [1.54, 1.807) is 6.92 Å². The molecule has 2 aromatic heterocycles. The van der Waals surface area contributed by atoms with Crippen molar-refractivity contribution in [3.05, 3.63) is 35.4 Å². The lowest BCUT2D eigenvalue weighted by Gasteiger charge is -2.09. The van der Waals surface area contributed by atoms with Crippen molar-refractivity contribution in [3.8, 4) is 17.1 Å². The summed E-state index contributed by atoms with van der Waals surface area (Å²) in [7, 11) is 0. The van der Waals surface area contributed by atoms with Crippen LogP contribution in [0.2, 0.25) is 5.28 Å². The number of nitrogens with zero attached hydrogens (tertiary/aromatic N) is 3. The summed E-state index contributed by atoms with van der Waals surface area (Å²) >= 11 is 5.66. The van der Waals surface area contributed by atoms with Crippen molar-refractivity contribution < 1.29 is 17.9 Å². The summed E-state index contributed by atoms with van der Waals surface area (Å²) in [4.78, 5) is 11.6. The maximum absolute atomic E-state index is 12.0. The number of halogens is 4. The summed E-state index contributed by atoms with van der Waals surface area (Å²) in [5.74, 6) is -0.394. The fourth-order valence-electron chi connectivity index (χ4n) is 1.39. The third kappa shape index (κ3) is 3.54. The van der Waals surface area contributed by atoms with E-state index in [1.807, 2.05) is 0 Å². The Kier molecular flexibility index (Phi) is 3.57. The number of aryl methyl sites for hydroxylation is 1. The SMILES string of the molecule is Cc1cnc(Cl)nc1-c1ccc(OC(F)(F)F)cn1. The van der Waals surface area contributed by atoms with Crippen molar-refractivity contribution in [2.45, 2.75) is 13.3 Å². The summed E-state index contributed by atoms with van der Waals surface area (Å²) in [5, 5.41) is 0.0398. The van der Waals surface area contributed by atoms with Gasteiger partial charge in [-0.3, -0.25) is 4.98 Å². The van der Waals surface area contributed by atoms with Crippen LogP contribution < -0.4 is 4.74 Å². The van der Waals surface area contributed by atoms with Crippen molar-refractivity contribution in [3.63, 3.8) is 0 Å². The molecule has 8 heteroatoms. The largest absolute Gasteiger partial charge is 0.573 e. The van der Waals surface area contributed by atoms with E-state index in [0.717, 1.165) is 12.3 Å². The third-order valence-corrected chi connectivity index (χ3v) is 2.34. The molecule has 4 nitrogen and oxygen atoms in total. The van der Waals surface area contributed by atoms with Crippen molar-refractivity contribution >= 4 is 11.6 Å². The molecule has 0 aliphatic carbocycles. The number of hydrogen-bond acceptors (Lipinski definition) is 4. The molecular formula is C11H7ClF3N3O. The van der Waals surface area contributed by atoms with Gasteiger partial charge in [0.25, 0.3) is 0 Å². The summed E-state index contributed by atoms with van der Waals surface area (Å²) in [6.45, 7) is 1.74. The summed E-state index contributed by atoms with van der Waals surface area (Å²) in [5.41, 5.74) is 1.55. The molecular weight excluding hydrogens is 283 g/mol. The van der Waals surface area contributed by atoms with E-state index < -0.39 is 12.1 Å². The highest BCUT2D eigenvalue weighted by molar-refractivity contribution is 6.28. The molecule has 2 rings (SSSR count). The molecule has 2 heterocycles. The molecule has 0 bridgehead atoms. The van der Waals surface area contributed by atoms with Gasteiger partial charge >= 0.3 is 6.36 Å². The minimum absolute atomic E-state index is 0.0398. The van der Waals surface area contributed by atoms with Crippen molar-refractivity contribution in [2.75, 3.05) is 0 Å². The average molecular weight is 290 g/mol. The van der Waals surface area contributed by atoms with Crippen molar-refractivity contribution in [1.82, 2.24) is 15.0 Å². The fourth-order valence-corrected chi connectivity index (χ4v) is 1.53. The molecule has 19 heavy (non-hydrogen) atoms. The zero-order valence-electron chi connectivity index (χ0n) is 9.57. The molecule has 0 aliphatic heterocycles. The van der Waals surface area contributed by atoms with Gasteiger partial charge in [-0.25, -0.2) is 9.97 Å². The maximum atomic E-state index is 12.0. The first-order valence-electron chi connectivity index (χ1n) is 5.06. The lowest BCUT2D eigenvalue weighted by molar-refractivity contribution is -0.274. The highest BCUT2D eigenvalue weighted by Crippen LogP contribution is 2.25. The molecule has 2 aromatic rings. The van der Waals surface area contributed by atoms with Gasteiger partial charge in [-0.1, -0.05) is 0 Å². The molecule has 0 atom stereocenters. The lowest BCUT2D eigenvalue weighted by atomic mass is 10.2. The van der Waals surface area contributed by atoms with Crippen LogP contribution >= 0.6 is 11.6 Å². The summed E-state index contributed by atoms with van der Waals surface area (Å²) < 4.78 is 39.7. The number of hydrogen-bond donors (Lipinski definition) is 0. The quantitative estimate of drug-likeness (QED) is 0.795. The smallest absolute Gasteiger partial charge is 0.404 e. The van der Waals surface area contributed by atoms with Crippen LogP contribution in [0.15, 0.2) is 24.5 Å². The van der Waals surface area contributed by atoms with Gasteiger partial charge < -0.3 is 4.74 Å². The summed E-state index contributed by atoms with van der Waals surface area (Å²) in [6, 6.07) is 2.53. The lowest BCUT2D eigenvalue weighted by Crippen LogP contribution is -2.17. The van der Waals surface area contributed by atoms with E-state index in [0.29, 0.717) is 17.0 Å². The van der Waals surface area contributed by atoms with Crippen molar-refractivity contribution in [1.29, 1.82) is 0 Å². The number of aromatic nitrogens is 3. The van der Waals surface area contributed by atoms with Gasteiger partial charge in [-0.15, -0.1) is 13.2 Å². The zero-order valence-corrected chi connectivity index (χ0v) is 10.3. The Hall–Kier alpha value is -1.89. The van der Waals surface area contributed by atoms with Crippen LogP contribution in [0.5, 0.6) is 5.75 Å². The van der Waals surface area contributed by atoms with Crippen LogP contribution in [-0.2, 0) is 0 Å². The predicted molar refractivity (Wildman–Crippen MR) is 61.7 cm³/mol. The van der Waals surface area contributed by atoms with E-state index in [-0.39, 0.29) is 5.28 Å². The zero-order chi connectivity index (χ0) is 14.0. The van der Waals surface area contributed by atoms with Gasteiger partial charge in [-0.05, 0) is 36.2 Å².